The van der Waals surface area contributed by atoms with E-state index in [0.717, 1.165) is 10.2 Å². The van der Waals surface area contributed by atoms with Crippen LogP contribution in [0, 0.1) is 5.82 Å². The van der Waals surface area contributed by atoms with Crippen LogP contribution in [0.2, 0.25) is 0 Å². The van der Waals surface area contributed by atoms with Gasteiger partial charge in [-0.2, -0.15) is 0 Å². The summed E-state index contributed by atoms with van der Waals surface area (Å²) in [5.74, 6) is -0.616. The summed E-state index contributed by atoms with van der Waals surface area (Å²) < 4.78 is 40.6. The molecule has 0 aliphatic carbocycles. The largest absolute Gasteiger partial charge is 0.307 e. The van der Waals surface area contributed by atoms with E-state index in [9.17, 15) is 17.6 Å². The van der Waals surface area contributed by atoms with Gasteiger partial charge in [-0.25, -0.2) is 16.8 Å². The highest BCUT2D eigenvalue weighted by Crippen LogP contribution is 2.28. The van der Waals surface area contributed by atoms with Crippen LogP contribution in [0.1, 0.15) is 10.4 Å². The minimum absolute atomic E-state index is 0.00533. The quantitative estimate of drug-likeness (QED) is 0.683. The fourth-order valence-corrected chi connectivity index (χ4v) is 3.59. The molecular formula is C16H10BFN2O3S. The van der Waals surface area contributed by atoms with Crippen molar-refractivity contribution in [1.82, 2.24) is 8.96 Å². The van der Waals surface area contributed by atoms with Gasteiger partial charge in [0.25, 0.3) is 10.0 Å². The Morgan fingerprint density at radius 3 is 2.54 bits per heavy atom. The zero-order valence-electron chi connectivity index (χ0n) is 12.3. The van der Waals surface area contributed by atoms with Crippen LogP contribution in [0.3, 0.4) is 0 Å². The fourth-order valence-electron chi connectivity index (χ4n) is 2.26. The Labute approximate surface area is 139 Å². The Kier molecular flexibility index (Phi) is 4.07. The van der Waals surface area contributed by atoms with E-state index in [-0.39, 0.29) is 21.7 Å². The first-order valence-electron chi connectivity index (χ1n) is 6.84. The first-order chi connectivity index (χ1) is 11.4. The van der Waals surface area contributed by atoms with Gasteiger partial charge in [0.1, 0.15) is 16.4 Å². The van der Waals surface area contributed by atoms with Crippen molar-refractivity contribution in [1.29, 1.82) is 0 Å². The van der Waals surface area contributed by atoms with Gasteiger partial charge in [0, 0.05) is 29.7 Å². The van der Waals surface area contributed by atoms with Crippen LogP contribution >= 0.6 is 0 Å². The van der Waals surface area contributed by atoms with E-state index in [1.165, 1.54) is 48.8 Å². The van der Waals surface area contributed by atoms with Gasteiger partial charge in [-0.05, 0) is 30.3 Å². The van der Waals surface area contributed by atoms with E-state index in [1.54, 1.807) is 6.07 Å². The molecule has 8 heteroatoms. The molecule has 5 nitrogen and oxygen atoms in total. The zero-order valence-corrected chi connectivity index (χ0v) is 13.1. The summed E-state index contributed by atoms with van der Waals surface area (Å²) in [7, 11) is 1.17. The molecule has 0 amide bonds. The maximum absolute atomic E-state index is 14.1. The highest BCUT2D eigenvalue weighted by molar-refractivity contribution is 7.90. The van der Waals surface area contributed by atoms with E-state index in [2.05, 4.69) is 4.98 Å². The number of aromatic nitrogens is 2. The number of benzene rings is 1. The molecule has 0 unspecified atom stereocenters. The van der Waals surface area contributed by atoms with Gasteiger partial charge in [-0.3, -0.25) is 4.98 Å². The molecule has 1 aromatic carbocycles. The van der Waals surface area contributed by atoms with Gasteiger partial charge < -0.3 is 4.79 Å². The van der Waals surface area contributed by atoms with Crippen LogP contribution in [-0.2, 0) is 10.0 Å². The predicted molar refractivity (Wildman–Crippen MR) is 86.7 cm³/mol. The van der Waals surface area contributed by atoms with Gasteiger partial charge in [0.2, 0.25) is 0 Å². The highest BCUT2D eigenvalue weighted by atomic mass is 32.2. The molecule has 0 saturated heterocycles. The molecule has 0 N–H and O–H groups in total. The van der Waals surface area contributed by atoms with Crippen molar-refractivity contribution in [2.45, 2.75) is 4.90 Å². The van der Waals surface area contributed by atoms with Gasteiger partial charge in [-0.15, -0.1) is 0 Å². The molecule has 24 heavy (non-hydrogen) atoms. The van der Waals surface area contributed by atoms with Gasteiger partial charge >= 0.3 is 0 Å². The molecule has 2 heterocycles. The van der Waals surface area contributed by atoms with Crippen LogP contribution in [0.4, 0.5) is 4.39 Å². The fraction of sp³-hybridized carbons (Fsp3) is 0. The van der Waals surface area contributed by atoms with Crippen molar-refractivity contribution in [3.05, 3.63) is 72.4 Å². The number of carbonyl (C=O) groups excluding carboxylic acids is 1. The van der Waals surface area contributed by atoms with Crippen LogP contribution in [0.5, 0.6) is 0 Å². The molecule has 0 fully saturated rings. The summed E-state index contributed by atoms with van der Waals surface area (Å²) >= 11 is 0. The van der Waals surface area contributed by atoms with E-state index < -0.39 is 21.5 Å². The number of hydrogen-bond donors (Lipinski definition) is 0. The molecule has 0 aliphatic rings. The Morgan fingerprint density at radius 2 is 1.92 bits per heavy atom. The molecule has 0 saturated carbocycles. The summed E-state index contributed by atoms with van der Waals surface area (Å²) in [6, 6.07) is 9.74. The topological polar surface area (TPSA) is 69.0 Å². The summed E-state index contributed by atoms with van der Waals surface area (Å²) in [6.45, 7) is 0. The van der Waals surface area contributed by atoms with Gasteiger partial charge in [-0.1, -0.05) is 12.1 Å². The number of nitrogens with zero attached hydrogens (tertiary/aromatic N) is 2. The molecule has 3 aromatic rings. The monoisotopic (exact) mass is 340 g/mol. The summed E-state index contributed by atoms with van der Waals surface area (Å²) in [4.78, 5) is 15.1. The first kappa shape index (κ1) is 16.1. The minimum atomic E-state index is -4.07. The summed E-state index contributed by atoms with van der Waals surface area (Å²) in [5, 5.41) is 0. The number of pyridine rings is 1. The number of halogens is 1. The Bertz CT molecular complexity index is 1020. The molecule has 0 aliphatic heterocycles. The lowest BCUT2D eigenvalue weighted by atomic mass is 9.96. The number of hydrogen-bond acceptors (Lipinski definition) is 4. The third-order valence-electron chi connectivity index (χ3n) is 3.41. The molecule has 0 spiro atoms. The Balaban J connectivity index is 2.29. The lowest BCUT2D eigenvalue weighted by Crippen LogP contribution is -2.14. The number of carbonyl (C=O) groups is 1. The predicted octanol–water partition coefficient (Wildman–Crippen LogP) is 2.23. The molecule has 3 rings (SSSR count). The second kappa shape index (κ2) is 6.05. The lowest BCUT2D eigenvalue weighted by Gasteiger charge is -2.10. The standard InChI is InChI=1S/C16H10BFN2O3S/c17-16(21)11-8-15(13-5-1-2-6-14(13)18)20(10-11)24(22,23)12-4-3-7-19-9-12/h1-10H. The summed E-state index contributed by atoms with van der Waals surface area (Å²) in [6.07, 6.45) is 3.68. The second-order valence-corrected chi connectivity index (χ2v) is 6.76. The number of rotatable bonds is 4. The Hall–Kier alpha value is -2.74. The normalized spacial score (nSPS) is 11.4. The SMILES string of the molecule is [B]C(=O)c1cc(-c2ccccc2F)n(S(=O)(=O)c2cccnc2)c1. The second-order valence-electron chi connectivity index (χ2n) is 4.95. The molecule has 0 bridgehead atoms. The average molecular weight is 340 g/mol. The van der Waals surface area contributed by atoms with Crippen molar-refractivity contribution < 1.29 is 17.6 Å². The van der Waals surface area contributed by atoms with Crippen LogP contribution < -0.4 is 0 Å². The van der Waals surface area contributed by atoms with E-state index in [4.69, 9.17) is 7.85 Å². The first-order valence-corrected chi connectivity index (χ1v) is 8.28. The van der Waals surface area contributed by atoms with Crippen LogP contribution in [0.15, 0.2) is 66.0 Å². The van der Waals surface area contributed by atoms with Crippen molar-refractivity contribution in [3.8, 4) is 11.3 Å². The molecular weight excluding hydrogens is 330 g/mol. The van der Waals surface area contributed by atoms with Crippen molar-refractivity contribution in [2.24, 2.45) is 0 Å². The van der Waals surface area contributed by atoms with Crippen molar-refractivity contribution in [2.75, 3.05) is 0 Å². The third kappa shape index (κ3) is 2.76. The van der Waals surface area contributed by atoms with Crippen LogP contribution in [0.25, 0.3) is 11.3 Å². The molecule has 0 atom stereocenters. The maximum atomic E-state index is 14.1. The smallest absolute Gasteiger partial charge is 0.269 e. The van der Waals surface area contributed by atoms with E-state index in [1.807, 2.05) is 0 Å². The van der Waals surface area contributed by atoms with E-state index in [0.29, 0.717) is 0 Å². The van der Waals surface area contributed by atoms with Gasteiger partial charge in [0.05, 0.1) is 5.69 Å². The van der Waals surface area contributed by atoms with Gasteiger partial charge in [0.15, 0.2) is 7.85 Å². The molecule has 2 aromatic heterocycles. The average Bonchev–Trinajstić information content (AvgIpc) is 3.02. The van der Waals surface area contributed by atoms with Crippen molar-refractivity contribution >= 4 is 23.6 Å². The lowest BCUT2D eigenvalue weighted by molar-refractivity contribution is 0.108. The molecule has 2 radical (unpaired) electrons. The zero-order chi connectivity index (χ0) is 17.3. The van der Waals surface area contributed by atoms with Crippen LogP contribution in [-0.4, -0.2) is 30.9 Å². The minimum Gasteiger partial charge on any atom is -0.307 e. The summed E-state index contributed by atoms with van der Waals surface area (Å²) in [5.41, 5.74) is -0.809. The van der Waals surface area contributed by atoms with Crippen molar-refractivity contribution in [3.63, 3.8) is 0 Å². The third-order valence-corrected chi connectivity index (χ3v) is 5.07. The van der Waals surface area contributed by atoms with E-state index >= 15 is 0 Å². The maximum Gasteiger partial charge on any atom is 0.269 e. The molecule has 118 valence electrons. The Morgan fingerprint density at radius 1 is 1.17 bits per heavy atom. The highest BCUT2D eigenvalue weighted by Gasteiger charge is 2.24.